The largest absolute Gasteiger partial charge is 0.370 e. The zero-order chi connectivity index (χ0) is 13.8. The van der Waals surface area contributed by atoms with Gasteiger partial charge in [0, 0.05) is 29.3 Å². The quantitative estimate of drug-likeness (QED) is 0.762. The van der Waals surface area contributed by atoms with Gasteiger partial charge in [0.25, 0.3) is 0 Å². The molecule has 98 valence electrons. The van der Waals surface area contributed by atoms with Crippen molar-refractivity contribution in [2.75, 3.05) is 11.9 Å². The number of carbonyl (C=O) groups excluding carboxylic acids is 1. The summed E-state index contributed by atoms with van der Waals surface area (Å²) >= 11 is 9.58. The summed E-state index contributed by atoms with van der Waals surface area (Å²) in [5, 5.41) is 0.478. The van der Waals surface area contributed by atoms with Crippen molar-refractivity contribution in [3.05, 3.63) is 63.1 Å². The van der Waals surface area contributed by atoms with Crippen LogP contribution in [-0.4, -0.2) is 13.3 Å². The second-order valence-corrected chi connectivity index (χ2v) is 5.53. The number of anilines is 1. The first-order chi connectivity index (χ1) is 9.11. The maximum Gasteiger partial charge on any atom is 0.151 e. The van der Waals surface area contributed by atoms with E-state index < -0.39 is 0 Å². The Morgan fingerprint density at radius 1 is 1.26 bits per heavy atom. The van der Waals surface area contributed by atoms with E-state index in [-0.39, 0.29) is 0 Å². The molecule has 4 heteroatoms. The second kappa shape index (κ2) is 6.22. The monoisotopic (exact) mass is 337 g/mol. The smallest absolute Gasteiger partial charge is 0.151 e. The molecular weight excluding hydrogens is 326 g/mol. The van der Waals surface area contributed by atoms with Crippen LogP contribution in [0.4, 0.5) is 5.69 Å². The average Bonchev–Trinajstić information content (AvgIpc) is 2.41. The number of nitrogens with zero attached hydrogens (tertiary/aromatic N) is 1. The Morgan fingerprint density at radius 3 is 2.63 bits per heavy atom. The SMILES string of the molecule is CN(Cc1ccccc1Br)c1ccc(C=O)c(Cl)c1. The van der Waals surface area contributed by atoms with Gasteiger partial charge in [-0.15, -0.1) is 0 Å². The molecule has 0 aliphatic heterocycles. The average molecular weight is 339 g/mol. The first kappa shape index (κ1) is 14.1. The second-order valence-electron chi connectivity index (χ2n) is 4.27. The molecule has 0 aliphatic rings. The number of aldehydes is 1. The van der Waals surface area contributed by atoms with Crippen molar-refractivity contribution < 1.29 is 4.79 Å². The summed E-state index contributed by atoms with van der Waals surface area (Å²) in [6.07, 6.45) is 0.764. The third kappa shape index (κ3) is 3.37. The van der Waals surface area contributed by atoms with Gasteiger partial charge in [-0.2, -0.15) is 0 Å². The predicted octanol–water partition coefficient (Wildman–Crippen LogP) is 4.55. The van der Waals surface area contributed by atoms with E-state index in [1.54, 1.807) is 6.07 Å². The van der Waals surface area contributed by atoms with Crippen LogP contribution in [-0.2, 0) is 6.54 Å². The fourth-order valence-electron chi connectivity index (χ4n) is 1.82. The Hall–Kier alpha value is -1.32. The van der Waals surface area contributed by atoms with E-state index in [4.69, 9.17) is 11.6 Å². The molecule has 0 spiro atoms. The van der Waals surface area contributed by atoms with Crippen LogP contribution in [0.3, 0.4) is 0 Å². The van der Waals surface area contributed by atoms with Gasteiger partial charge in [0.1, 0.15) is 0 Å². The fourth-order valence-corrected chi connectivity index (χ4v) is 2.45. The van der Waals surface area contributed by atoms with Gasteiger partial charge < -0.3 is 4.90 Å². The van der Waals surface area contributed by atoms with Gasteiger partial charge in [-0.05, 0) is 29.8 Å². The molecule has 0 saturated heterocycles. The fraction of sp³-hybridized carbons (Fsp3) is 0.133. The molecule has 0 aliphatic carbocycles. The van der Waals surface area contributed by atoms with Crippen molar-refractivity contribution >= 4 is 39.5 Å². The van der Waals surface area contributed by atoms with Gasteiger partial charge in [-0.3, -0.25) is 4.79 Å². The van der Waals surface area contributed by atoms with Crippen molar-refractivity contribution in [2.24, 2.45) is 0 Å². The Morgan fingerprint density at radius 2 is 2.00 bits per heavy atom. The molecule has 0 fully saturated rings. The molecule has 2 nitrogen and oxygen atoms in total. The summed E-state index contributed by atoms with van der Waals surface area (Å²) in [4.78, 5) is 12.8. The highest BCUT2D eigenvalue weighted by molar-refractivity contribution is 9.10. The molecular formula is C15H13BrClNO. The highest BCUT2D eigenvalue weighted by Crippen LogP contribution is 2.25. The van der Waals surface area contributed by atoms with E-state index in [2.05, 4.69) is 26.9 Å². The molecule has 0 amide bonds. The van der Waals surface area contributed by atoms with Crippen LogP contribution in [0.2, 0.25) is 5.02 Å². The number of rotatable bonds is 4. The molecule has 0 atom stereocenters. The van der Waals surface area contributed by atoms with Crippen LogP contribution >= 0.6 is 27.5 Å². The third-order valence-corrected chi connectivity index (χ3v) is 4.02. The zero-order valence-corrected chi connectivity index (χ0v) is 12.8. The van der Waals surface area contributed by atoms with Crippen molar-refractivity contribution in [2.45, 2.75) is 6.54 Å². The van der Waals surface area contributed by atoms with E-state index in [1.807, 2.05) is 37.4 Å². The van der Waals surface area contributed by atoms with E-state index in [0.29, 0.717) is 10.6 Å². The molecule has 0 heterocycles. The van der Waals surface area contributed by atoms with Gasteiger partial charge in [-0.25, -0.2) is 0 Å². The standard InChI is InChI=1S/C15H13BrClNO/c1-18(9-11-4-2-3-5-14(11)16)13-7-6-12(10-19)15(17)8-13/h2-8,10H,9H2,1H3. The Labute approximate surface area is 126 Å². The molecule has 19 heavy (non-hydrogen) atoms. The van der Waals surface area contributed by atoms with E-state index >= 15 is 0 Å². The zero-order valence-electron chi connectivity index (χ0n) is 10.4. The lowest BCUT2D eigenvalue weighted by Crippen LogP contribution is -2.16. The summed E-state index contributed by atoms with van der Waals surface area (Å²) in [5.41, 5.74) is 2.69. The third-order valence-electron chi connectivity index (χ3n) is 2.92. The lowest BCUT2D eigenvalue weighted by Gasteiger charge is -2.20. The highest BCUT2D eigenvalue weighted by Gasteiger charge is 2.07. The molecule has 0 bridgehead atoms. The maximum atomic E-state index is 10.7. The Kier molecular flexibility index (Phi) is 4.61. The Balaban J connectivity index is 2.20. The minimum absolute atomic E-state index is 0.478. The predicted molar refractivity (Wildman–Crippen MR) is 83.1 cm³/mol. The molecule has 0 saturated carbocycles. The Bertz CT molecular complexity index is 600. The van der Waals surface area contributed by atoms with Crippen LogP contribution in [0.5, 0.6) is 0 Å². The molecule has 0 unspecified atom stereocenters. The van der Waals surface area contributed by atoms with Crippen LogP contribution < -0.4 is 4.90 Å². The molecule has 0 aromatic heterocycles. The maximum absolute atomic E-state index is 10.7. The lowest BCUT2D eigenvalue weighted by molar-refractivity contribution is 0.112. The molecule has 2 aromatic rings. The highest BCUT2D eigenvalue weighted by atomic mass is 79.9. The van der Waals surface area contributed by atoms with Crippen LogP contribution in [0.1, 0.15) is 15.9 Å². The van der Waals surface area contributed by atoms with Crippen molar-refractivity contribution in [3.8, 4) is 0 Å². The first-order valence-electron chi connectivity index (χ1n) is 5.81. The summed E-state index contributed by atoms with van der Waals surface area (Å²) < 4.78 is 1.08. The number of benzene rings is 2. The van der Waals surface area contributed by atoms with E-state index in [0.717, 1.165) is 23.0 Å². The van der Waals surface area contributed by atoms with Gasteiger partial charge in [0.2, 0.25) is 0 Å². The normalized spacial score (nSPS) is 10.3. The van der Waals surface area contributed by atoms with Crippen LogP contribution in [0.25, 0.3) is 0 Å². The molecule has 0 radical (unpaired) electrons. The van der Waals surface area contributed by atoms with E-state index in [9.17, 15) is 4.79 Å². The number of hydrogen-bond donors (Lipinski definition) is 0. The van der Waals surface area contributed by atoms with Gasteiger partial charge in [0.15, 0.2) is 6.29 Å². The topological polar surface area (TPSA) is 20.3 Å². The van der Waals surface area contributed by atoms with Gasteiger partial charge in [0.05, 0.1) is 5.02 Å². The first-order valence-corrected chi connectivity index (χ1v) is 6.98. The molecule has 0 N–H and O–H groups in total. The van der Waals surface area contributed by atoms with Crippen molar-refractivity contribution in [3.63, 3.8) is 0 Å². The number of halogens is 2. The van der Waals surface area contributed by atoms with Gasteiger partial charge in [-0.1, -0.05) is 45.7 Å². The van der Waals surface area contributed by atoms with Crippen LogP contribution in [0.15, 0.2) is 46.9 Å². The number of carbonyl (C=O) groups is 1. The lowest BCUT2D eigenvalue weighted by atomic mass is 10.2. The summed E-state index contributed by atoms with van der Waals surface area (Å²) in [7, 11) is 1.99. The summed E-state index contributed by atoms with van der Waals surface area (Å²) in [6, 6.07) is 13.5. The minimum Gasteiger partial charge on any atom is -0.370 e. The van der Waals surface area contributed by atoms with Crippen LogP contribution in [0, 0.1) is 0 Å². The van der Waals surface area contributed by atoms with Crippen molar-refractivity contribution in [1.29, 1.82) is 0 Å². The number of hydrogen-bond acceptors (Lipinski definition) is 2. The van der Waals surface area contributed by atoms with E-state index in [1.165, 1.54) is 5.56 Å². The summed E-state index contributed by atoms with van der Waals surface area (Å²) in [6.45, 7) is 0.762. The minimum atomic E-state index is 0.478. The van der Waals surface area contributed by atoms with Gasteiger partial charge >= 0.3 is 0 Å². The summed E-state index contributed by atoms with van der Waals surface area (Å²) in [5.74, 6) is 0. The van der Waals surface area contributed by atoms with Crippen molar-refractivity contribution in [1.82, 2.24) is 0 Å². The molecule has 2 aromatic carbocycles. The molecule has 2 rings (SSSR count).